The van der Waals surface area contributed by atoms with Gasteiger partial charge >= 0.3 is 0 Å². The minimum absolute atomic E-state index is 0.576. The molecule has 0 spiro atoms. The molecule has 2 fully saturated rings. The van der Waals surface area contributed by atoms with E-state index >= 15 is 0 Å². The first-order valence-electron chi connectivity index (χ1n) is 8.12. The predicted octanol–water partition coefficient (Wildman–Crippen LogP) is 2.43. The molecule has 0 aromatic carbocycles. The van der Waals surface area contributed by atoms with Crippen LogP contribution >= 0.6 is 0 Å². The monoisotopic (exact) mass is 277 g/mol. The maximum Gasteiger partial charge on any atom is 0.0799 e. The van der Waals surface area contributed by atoms with Crippen molar-refractivity contribution in [1.82, 2.24) is 15.1 Å². The fraction of sp³-hybridized carbons (Fsp3) is 0.812. The summed E-state index contributed by atoms with van der Waals surface area (Å²) in [6, 6.07) is 3.29. The Labute approximate surface area is 121 Å². The van der Waals surface area contributed by atoms with Crippen molar-refractivity contribution >= 4 is 0 Å². The average molecular weight is 277 g/mol. The Hall–Kier alpha value is -0.870. The first-order valence-corrected chi connectivity index (χ1v) is 8.12. The van der Waals surface area contributed by atoms with Crippen LogP contribution in [-0.4, -0.2) is 33.1 Å². The minimum atomic E-state index is -0.700. The molecule has 1 aromatic rings. The van der Waals surface area contributed by atoms with Gasteiger partial charge in [0.2, 0.25) is 0 Å². The van der Waals surface area contributed by atoms with Crippen molar-refractivity contribution in [3.63, 3.8) is 0 Å². The highest BCUT2D eigenvalue weighted by molar-refractivity contribution is 5.05. The molecule has 0 aliphatic heterocycles. The Bertz CT molecular complexity index is 431. The van der Waals surface area contributed by atoms with Gasteiger partial charge in [0, 0.05) is 25.2 Å². The van der Waals surface area contributed by atoms with Crippen molar-refractivity contribution in [3.05, 3.63) is 18.0 Å². The van der Waals surface area contributed by atoms with Gasteiger partial charge in [0.1, 0.15) is 0 Å². The highest BCUT2D eigenvalue weighted by atomic mass is 16.3. The van der Waals surface area contributed by atoms with Crippen LogP contribution in [0.15, 0.2) is 12.3 Å². The fourth-order valence-corrected chi connectivity index (χ4v) is 3.12. The second kappa shape index (κ2) is 5.86. The lowest BCUT2D eigenvalue weighted by atomic mass is 9.96. The van der Waals surface area contributed by atoms with E-state index in [1.54, 1.807) is 0 Å². The number of hydrogen-bond acceptors (Lipinski definition) is 3. The van der Waals surface area contributed by atoms with Gasteiger partial charge in [-0.1, -0.05) is 19.3 Å². The van der Waals surface area contributed by atoms with Crippen LogP contribution in [0.2, 0.25) is 0 Å². The van der Waals surface area contributed by atoms with E-state index in [2.05, 4.69) is 22.3 Å². The summed E-state index contributed by atoms with van der Waals surface area (Å²) in [5.41, 5.74) is 0.312. The molecule has 1 heterocycles. The Morgan fingerprint density at radius 1 is 1.30 bits per heavy atom. The molecule has 0 saturated heterocycles. The maximum atomic E-state index is 10.5. The minimum Gasteiger partial charge on any atom is -0.388 e. The third kappa shape index (κ3) is 3.83. The van der Waals surface area contributed by atoms with Crippen LogP contribution in [0.25, 0.3) is 0 Å². The average Bonchev–Trinajstić information content (AvgIpc) is 3.17. The molecule has 2 aliphatic carbocycles. The molecule has 2 aliphatic rings. The highest BCUT2D eigenvalue weighted by Crippen LogP contribution is 2.27. The second-order valence-electron chi connectivity index (χ2n) is 6.91. The summed E-state index contributed by atoms with van der Waals surface area (Å²) in [5, 5.41) is 18.5. The van der Waals surface area contributed by atoms with Crippen molar-refractivity contribution in [2.75, 3.05) is 6.54 Å². The first-order chi connectivity index (χ1) is 9.62. The van der Waals surface area contributed by atoms with Crippen molar-refractivity contribution in [2.45, 2.75) is 76.0 Å². The van der Waals surface area contributed by atoms with E-state index in [1.807, 2.05) is 6.92 Å². The normalized spacial score (nSPS) is 23.7. The number of aromatic nitrogens is 2. The van der Waals surface area contributed by atoms with Gasteiger partial charge in [-0.25, -0.2) is 0 Å². The molecule has 4 nitrogen and oxygen atoms in total. The summed E-state index contributed by atoms with van der Waals surface area (Å²) in [6.07, 6.45) is 11.8. The molecule has 4 heteroatoms. The van der Waals surface area contributed by atoms with Gasteiger partial charge in [-0.3, -0.25) is 4.68 Å². The summed E-state index contributed by atoms with van der Waals surface area (Å²) in [5.74, 6) is 0. The third-order valence-corrected chi connectivity index (χ3v) is 4.52. The quantitative estimate of drug-likeness (QED) is 0.839. The predicted molar refractivity (Wildman–Crippen MR) is 79.7 cm³/mol. The molecule has 3 rings (SSSR count). The Balaban J connectivity index is 1.55. The van der Waals surface area contributed by atoms with Gasteiger partial charge in [0.05, 0.1) is 17.3 Å². The van der Waals surface area contributed by atoms with E-state index in [1.165, 1.54) is 44.9 Å². The van der Waals surface area contributed by atoms with Crippen molar-refractivity contribution in [3.8, 4) is 0 Å². The molecule has 1 atom stereocenters. The lowest BCUT2D eigenvalue weighted by Gasteiger charge is -2.23. The van der Waals surface area contributed by atoms with E-state index in [0.29, 0.717) is 25.0 Å². The lowest BCUT2D eigenvalue weighted by Crippen LogP contribution is -2.40. The van der Waals surface area contributed by atoms with Crippen LogP contribution in [0.5, 0.6) is 0 Å². The number of nitrogens with one attached hydrogen (secondary N) is 1. The molecule has 1 unspecified atom stereocenters. The third-order valence-electron chi connectivity index (χ3n) is 4.52. The van der Waals surface area contributed by atoms with Gasteiger partial charge in [-0.05, 0) is 38.7 Å². The van der Waals surface area contributed by atoms with Crippen LogP contribution in [-0.2, 0) is 6.42 Å². The number of nitrogens with zero attached hydrogens (tertiary/aromatic N) is 2. The molecule has 20 heavy (non-hydrogen) atoms. The summed E-state index contributed by atoms with van der Waals surface area (Å²) in [7, 11) is 0. The van der Waals surface area contributed by atoms with Crippen LogP contribution in [0, 0.1) is 0 Å². The summed E-state index contributed by atoms with van der Waals surface area (Å²) in [6.45, 7) is 2.57. The zero-order valence-electron chi connectivity index (χ0n) is 12.5. The Kier molecular flexibility index (Phi) is 4.13. The van der Waals surface area contributed by atoms with Crippen molar-refractivity contribution in [2.24, 2.45) is 0 Å². The molecular weight excluding hydrogens is 250 g/mol. The van der Waals surface area contributed by atoms with E-state index in [4.69, 9.17) is 5.10 Å². The highest BCUT2D eigenvalue weighted by Gasteiger charge is 2.27. The fourth-order valence-electron chi connectivity index (χ4n) is 3.12. The van der Waals surface area contributed by atoms with Gasteiger partial charge < -0.3 is 10.4 Å². The standard InChI is InChI=1S/C16H27N3O/c1-16(20,12-17-13-7-8-13)11-14-9-10-19(18-14)15-5-3-2-4-6-15/h9-10,13,15,17,20H,2-8,11-12H2,1H3. The molecule has 2 saturated carbocycles. The molecule has 0 radical (unpaired) electrons. The van der Waals surface area contributed by atoms with Gasteiger partial charge in [0.15, 0.2) is 0 Å². The molecule has 0 amide bonds. The summed E-state index contributed by atoms with van der Waals surface area (Å²) < 4.78 is 2.12. The van der Waals surface area contributed by atoms with E-state index in [0.717, 1.165) is 5.69 Å². The lowest BCUT2D eigenvalue weighted by molar-refractivity contribution is 0.0585. The van der Waals surface area contributed by atoms with E-state index in [9.17, 15) is 5.11 Å². The van der Waals surface area contributed by atoms with Gasteiger partial charge in [-0.15, -0.1) is 0 Å². The smallest absolute Gasteiger partial charge is 0.0799 e. The van der Waals surface area contributed by atoms with Crippen LogP contribution in [0.1, 0.15) is 63.6 Å². The van der Waals surface area contributed by atoms with Gasteiger partial charge in [-0.2, -0.15) is 5.10 Å². The van der Waals surface area contributed by atoms with Crippen molar-refractivity contribution < 1.29 is 5.11 Å². The molecule has 1 aromatic heterocycles. The maximum absolute atomic E-state index is 10.5. The topological polar surface area (TPSA) is 50.1 Å². The number of hydrogen-bond donors (Lipinski definition) is 2. The van der Waals surface area contributed by atoms with E-state index < -0.39 is 5.60 Å². The first kappa shape index (κ1) is 14.1. The van der Waals surface area contributed by atoms with Crippen LogP contribution < -0.4 is 5.32 Å². The largest absolute Gasteiger partial charge is 0.388 e. The molecule has 2 N–H and O–H groups in total. The zero-order valence-corrected chi connectivity index (χ0v) is 12.5. The molecular formula is C16H27N3O. The number of rotatable bonds is 6. The van der Waals surface area contributed by atoms with Crippen molar-refractivity contribution in [1.29, 1.82) is 0 Å². The Morgan fingerprint density at radius 2 is 2.05 bits per heavy atom. The zero-order chi connectivity index (χ0) is 14.0. The SMILES string of the molecule is CC(O)(CNC1CC1)Cc1ccn(C2CCCCC2)n1. The van der Waals surface area contributed by atoms with Crippen LogP contribution in [0.4, 0.5) is 0 Å². The van der Waals surface area contributed by atoms with Gasteiger partial charge in [0.25, 0.3) is 0 Å². The number of aliphatic hydroxyl groups is 1. The molecule has 0 bridgehead atoms. The molecule has 112 valence electrons. The van der Waals surface area contributed by atoms with Crippen LogP contribution in [0.3, 0.4) is 0 Å². The summed E-state index contributed by atoms with van der Waals surface area (Å²) >= 11 is 0. The van der Waals surface area contributed by atoms with E-state index in [-0.39, 0.29) is 0 Å². The Morgan fingerprint density at radius 3 is 2.75 bits per heavy atom. The summed E-state index contributed by atoms with van der Waals surface area (Å²) in [4.78, 5) is 0. The second-order valence-corrected chi connectivity index (χ2v) is 6.91.